The van der Waals surface area contributed by atoms with Gasteiger partial charge in [0.15, 0.2) is 11.5 Å². The largest absolute Gasteiger partial charge is 0.364 e. The molecule has 0 aromatic carbocycles. The SMILES string of the molecule is CCCN(CCC)c1ccc(C(N)=O)nn1. The fraction of sp³-hybridized carbons (Fsp3) is 0.545. The van der Waals surface area contributed by atoms with Gasteiger partial charge in [-0.25, -0.2) is 0 Å². The van der Waals surface area contributed by atoms with Crippen molar-refractivity contribution in [2.75, 3.05) is 18.0 Å². The lowest BCUT2D eigenvalue weighted by Crippen LogP contribution is -2.26. The maximum absolute atomic E-state index is 10.8. The molecule has 88 valence electrons. The lowest BCUT2D eigenvalue weighted by molar-refractivity contribution is 0.0994. The van der Waals surface area contributed by atoms with Crippen molar-refractivity contribution in [1.82, 2.24) is 10.2 Å². The van der Waals surface area contributed by atoms with E-state index in [0.717, 1.165) is 31.7 Å². The van der Waals surface area contributed by atoms with Crippen molar-refractivity contribution in [3.63, 3.8) is 0 Å². The molecule has 5 heteroatoms. The van der Waals surface area contributed by atoms with E-state index in [1.54, 1.807) is 12.1 Å². The van der Waals surface area contributed by atoms with Gasteiger partial charge in [0.2, 0.25) is 0 Å². The first-order valence-corrected chi connectivity index (χ1v) is 5.57. The number of amides is 1. The summed E-state index contributed by atoms with van der Waals surface area (Å²) < 4.78 is 0. The van der Waals surface area contributed by atoms with E-state index in [-0.39, 0.29) is 5.69 Å². The van der Waals surface area contributed by atoms with Gasteiger partial charge in [-0.15, -0.1) is 10.2 Å². The first-order chi connectivity index (χ1) is 7.69. The third kappa shape index (κ3) is 3.18. The normalized spacial score (nSPS) is 10.1. The highest BCUT2D eigenvalue weighted by molar-refractivity contribution is 5.90. The Morgan fingerprint density at radius 3 is 2.25 bits per heavy atom. The Bertz CT molecular complexity index is 330. The molecule has 0 aliphatic carbocycles. The van der Waals surface area contributed by atoms with Crippen molar-refractivity contribution >= 4 is 11.7 Å². The summed E-state index contributed by atoms with van der Waals surface area (Å²) in [4.78, 5) is 13.0. The van der Waals surface area contributed by atoms with Gasteiger partial charge >= 0.3 is 0 Å². The lowest BCUT2D eigenvalue weighted by Gasteiger charge is -2.21. The number of hydrogen-bond acceptors (Lipinski definition) is 4. The third-order valence-electron chi connectivity index (χ3n) is 2.21. The lowest BCUT2D eigenvalue weighted by atomic mass is 10.3. The number of aromatic nitrogens is 2. The van der Waals surface area contributed by atoms with E-state index in [9.17, 15) is 4.79 Å². The van der Waals surface area contributed by atoms with Crippen molar-refractivity contribution in [1.29, 1.82) is 0 Å². The van der Waals surface area contributed by atoms with Gasteiger partial charge in [0, 0.05) is 13.1 Å². The maximum Gasteiger partial charge on any atom is 0.269 e. The van der Waals surface area contributed by atoms with Crippen LogP contribution in [0, 0.1) is 0 Å². The predicted octanol–water partition coefficient (Wildman–Crippen LogP) is 1.20. The summed E-state index contributed by atoms with van der Waals surface area (Å²) in [6.45, 7) is 6.12. The molecule has 16 heavy (non-hydrogen) atoms. The highest BCUT2D eigenvalue weighted by Gasteiger charge is 2.08. The second kappa shape index (κ2) is 6.05. The average molecular weight is 222 g/mol. The predicted molar refractivity (Wildman–Crippen MR) is 63.3 cm³/mol. The zero-order valence-corrected chi connectivity index (χ0v) is 9.81. The number of primary amides is 1. The molecule has 0 atom stereocenters. The second-order valence-electron chi connectivity index (χ2n) is 3.63. The van der Waals surface area contributed by atoms with Gasteiger partial charge in [-0.3, -0.25) is 4.79 Å². The van der Waals surface area contributed by atoms with Gasteiger partial charge in [0.05, 0.1) is 0 Å². The number of carbonyl (C=O) groups excluding carboxylic acids is 1. The second-order valence-corrected chi connectivity index (χ2v) is 3.63. The van der Waals surface area contributed by atoms with Gasteiger partial charge in [-0.1, -0.05) is 13.8 Å². The fourth-order valence-electron chi connectivity index (χ4n) is 1.51. The van der Waals surface area contributed by atoms with Crippen LogP contribution in [0.5, 0.6) is 0 Å². The van der Waals surface area contributed by atoms with E-state index in [1.165, 1.54) is 0 Å². The van der Waals surface area contributed by atoms with Crippen LogP contribution >= 0.6 is 0 Å². The molecule has 0 saturated carbocycles. The molecule has 1 amide bonds. The Morgan fingerprint density at radius 1 is 1.25 bits per heavy atom. The van der Waals surface area contributed by atoms with Gasteiger partial charge in [0.25, 0.3) is 5.91 Å². The maximum atomic E-state index is 10.8. The molecule has 0 unspecified atom stereocenters. The van der Waals surface area contributed by atoms with Crippen LogP contribution in [0.2, 0.25) is 0 Å². The average Bonchev–Trinajstić information content (AvgIpc) is 2.29. The minimum absolute atomic E-state index is 0.205. The van der Waals surface area contributed by atoms with E-state index in [2.05, 4.69) is 28.9 Å². The van der Waals surface area contributed by atoms with Gasteiger partial charge in [0.1, 0.15) is 0 Å². The van der Waals surface area contributed by atoms with Crippen LogP contribution in [0.4, 0.5) is 5.82 Å². The molecule has 0 spiro atoms. The summed E-state index contributed by atoms with van der Waals surface area (Å²) in [5.74, 6) is 0.255. The van der Waals surface area contributed by atoms with Crippen molar-refractivity contribution in [3.8, 4) is 0 Å². The smallest absolute Gasteiger partial charge is 0.269 e. The van der Waals surface area contributed by atoms with Crippen LogP contribution in [0.3, 0.4) is 0 Å². The molecule has 0 bridgehead atoms. The summed E-state index contributed by atoms with van der Waals surface area (Å²) in [7, 11) is 0. The molecular weight excluding hydrogens is 204 g/mol. The number of nitrogens with zero attached hydrogens (tertiary/aromatic N) is 3. The van der Waals surface area contributed by atoms with Crippen LogP contribution in [-0.4, -0.2) is 29.2 Å². The Kier molecular flexibility index (Phi) is 4.69. The monoisotopic (exact) mass is 222 g/mol. The molecule has 0 aliphatic heterocycles. The van der Waals surface area contributed by atoms with Crippen LogP contribution in [0.15, 0.2) is 12.1 Å². The van der Waals surface area contributed by atoms with Crippen LogP contribution in [-0.2, 0) is 0 Å². The number of hydrogen-bond donors (Lipinski definition) is 1. The fourth-order valence-corrected chi connectivity index (χ4v) is 1.51. The Balaban J connectivity index is 2.80. The summed E-state index contributed by atoms with van der Waals surface area (Å²) in [6.07, 6.45) is 2.11. The quantitative estimate of drug-likeness (QED) is 0.785. The topological polar surface area (TPSA) is 72.1 Å². The van der Waals surface area contributed by atoms with Crippen molar-refractivity contribution in [2.45, 2.75) is 26.7 Å². The first-order valence-electron chi connectivity index (χ1n) is 5.57. The molecule has 0 fully saturated rings. The van der Waals surface area contributed by atoms with Crippen molar-refractivity contribution in [2.24, 2.45) is 5.73 Å². The third-order valence-corrected chi connectivity index (χ3v) is 2.21. The molecule has 2 N–H and O–H groups in total. The molecule has 0 aliphatic rings. The highest BCUT2D eigenvalue weighted by atomic mass is 16.1. The molecule has 1 aromatic heterocycles. The van der Waals surface area contributed by atoms with Crippen LogP contribution in [0.25, 0.3) is 0 Å². The van der Waals surface area contributed by atoms with E-state index in [4.69, 9.17) is 5.73 Å². The van der Waals surface area contributed by atoms with E-state index in [0.29, 0.717) is 0 Å². The minimum Gasteiger partial charge on any atom is -0.364 e. The molecule has 5 nitrogen and oxygen atoms in total. The highest BCUT2D eigenvalue weighted by Crippen LogP contribution is 2.10. The number of rotatable bonds is 6. The standard InChI is InChI=1S/C11H18N4O/c1-3-7-15(8-4-2)10-6-5-9(11(12)16)13-14-10/h5-6H,3-4,7-8H2,1-2H3,(H2,12,16). The summed E-state index contributed by atoms with van der Waals surface area (Å²) >= 11 is 0. The summed E-state index contributed by atoms with van der Waals surface area (Å²) in [6, 6.07) is 3.40. The molecule has 0 saturated heterocycles. The minimum atomic E-state index is -0.545. The Morgan fingerprint density at radius 2 is 1.88 bits per heavy atom. The van der Waals surface area contributed by atoms with Gasteiger partial charge in [-0.05, 0) is 25.0 Å². The zero-order valence-electron chi connectivity index (χ0n) is 9.81. The van der Waals surface area contributed by atoms with Crippen molar-refractivity contribution < 1.29 is 4.79 Å². The first kappa shape index (κ1) is 12.4. The van der Waals surface area contributed by atoms with Gasteiger partial charge in [-0.2, -0.15) is 0 Å². The van der Waals surface area contributed by atoms with E-state index >= 15 is 0 Å². The molecule has 1 rings (SSSR count). The number of nitrogens with two attached hydrogens (primary N) is 1. The Hall–Kier alpha value is -1.65. The summed E-state index contributed by atoms with van der Waals surface area (Å²) in [5, 5.41) is 7.81. The van der Waals surface area contributed by atoms with Crippen molar-refractivity contribution in [3.05, 3.63) is 17.8 Å². The van der Waals surface area contributed by atoms with Gasteiger partial charge < -0.3 is 10.6 Å². The molecule has 1 heterocycles. The summed E-state index contributed by atoms with van der Waals surface area (Å²) in [5.41, 5.74) is 5.31. The number of anilines is 1. The number of carbonyl (C=O) groups is 1. The molecule has 1 aromatic rings. The van der Waals surface area contributed by atoms with E-state index in [1.807, 2.05) is 0 Å². The van der Waals surface area contributed by atoms with Crippen LogP contribution < -0.4 is 10.6 Å². The van der Waals surface area contributed by atoms with E-state index < -0.39 is 5.91 Å². The molecular formula is C11H18N4O. The zero-order chi connectivity index (χ0) is 12.0. The van der Waals surface area contributed by atoms with Crippen LogP contribution in [0.1, 0.15) is 37.2 Å². The Labute approximate surface area is 95.7 Å². The molecule has 0 radical (unpaired) electrons.